The van der Waals surface area contributed by atoms with Crippen LogP contribution in [0.25, 0.3) is 22.4 Å². The lowest BCUT2D eigenvalue weighted by atomic mass is 10.1. The largest absolute Gasteiger partial charge is 0.494 e. The van der Waals surface area contributed by atoms with Gasteiger partial charge in [0.25, 0.3) is 5.91 Å². The zero-order valence-corrected chi connectivity index (χ0v) is 20.1. The molecule has 1 amide bonds. The van der Waals surface area contributed by atoms with Gasteiger partial charge < -0.3 is 19.8 Å². The number of hydrogen-bond donors (Lipinski definition) is 1. The van der Waals surface area contributed by atoms with Crippen molar-refractivity contribution in [3.05, 3.63) is 71.5 Å². The molecule has 1 saturated heterocycles. The summed E-state index contributed by atoms with van der Waals surface area (Å²) in [6.07, 6.45) is -1.37. The Morgan fingerprint density at radius 1 is 1.19 bits per heavy atom. The first kappa shape index (κ1) is 24.7. The molecule has 11 heteroatoms. The van der Waals surface area contributed by atoms with E-state index >= 15 is 0 Å². The lowest BCUT2D eigenvalue weighted by molar-refractivity contribution is -0.140. The molecule has 5 rings (SSSR count). The standard InChI is InChI=1S/C26H24F3N5O3/c1-14(30)23-22(25(35)34-13-5-7-18(34)17-6-3-4-12-31-17)33-24(37-23)16-8-10-19(36-2)21-15(16)9-11-20(32-21)26(27,28)29/h3-4,6,8-12,14,18H,5,7,13,30H2,1-2H3/t14-,18?/m0/s1. The van der Waals surface area contributed by atoms with E-state index in [0.717, 1.165) is 24.6 Å². The van der Waals surface area contributed by atoms with Gasteiger partial charge in [0.15, 0.2) is 11.5 Å². The monoisotopic (exact) mass is 511 g/mol. The summed E-state index contributed by atoms with van der Waals surface area (Å²) in [6, 6.07) is 9.96. The van der Waals surface area contributed by atoms with Crippen molar-refractivity contribution in [1.29, 1.82) is 0 Å². The van der Waals surface area contributed by atoms with Crippen LogP contribution in [0.3, 0.4) is 0 Å². The normalized spacial score (nSPS) is 16.8. The molecule has 2 N–H and O–H groups in total. The maximum absolute atomic E-state index is 13.7. The number of hydrogen-bond acceptors (Lipinski definition) is 7. The Balaban J connectivity index is 1.59. The summed E-state index contributed by atoms with van der Waals surface area (Å²) in [4.78, 5) is 28.1. The van der Waals surface area contributed by atoms with Gasteiger partial charge in [-0.2, -0.15) is 13.2 Å². The van der Waals surface area contributed by atoms with Crippen molar-refractivity contribution in [2.45, 2.75) is 38.0 Å². The number of nitrogens with zero attached hydrogens (tertiary/aromatic N) is 4. The SMILES string of the molecule is COc1ccc(-c2nc(C(=O)N3CCCC3c3ccccn3)c([C@H](C)N)o2)c2ccc(C(F)(F)F)nc12. The molecular formula is C26H24F3N5O3. The van der Waals surface area contributed by atoms with Crippen LogP contribution < -0.4 is 10.5 Å². The van der Waals surface area contributed by atoms with Gasteiger partial charge in [0.05, 0.1) is 24.9 Å². The molecule has 1 aliphatic rings. The van der Waals surface area contributed by atoms with Crippen LogP contribution in [-0.2, 0) is 6.18 Å². The highest BCUT2D eigenvalue weighted by atomic mass is 19.4. The van der Waals surface area contributed by atoms with E-state index in [9.17, 15) is 18.0 Å². The van der Waals surface area contributed by atoms with Crippen molar-refractivity contribution in [2.75, 3.05) is 13.7 Å². The van der Waals surface area contributed by atoms with Crippen molar-refractivity contribution >= 4 is 16.8 Å². The molecule has 8 nitrogen and oxygen atoms in total. The number of oxazole rings is 1. The summed E-state index contributed by atoms with van der Waals surface area (Å²) in [5, 5.41) is 0.330. The van der Waals surface area contributed by atoms with Crippen LogP contribution in [0.4, 0.5) is 13.2 Å². The van der Waals surface area contributed by atoms with Gasteiger partial charge in [-0.25, -0.2) is 9.97 Å². The van der Waals surface area contributed by atoms with Gasteiger partial charge in [-0.3, -0.25) is 9.78 Å². The highest BCUT2D eigenvalue weighted by molar-refractivity contribution is 5.98. The number of likely N-dealkylation sites (tertiary alicyclic amines) is 1. The number of rotatable bonds is 5. The van der Waals surface area contributed by atoms with Gasteiger partial charge in [0.1, 0.15) is 17.0 Å². The van der Waals surface area contributed by atoms with Crippen LogP contribution in [0.15, 0.2) is 53.1 Å². The second kappa shape index (κ2) is 9.47. The number of aromatic nitrogens is 3. The maximum Gasteiger partial charge on any atom is 0.433 e. The van der Waals surface area contributed by atoms with Crippen LogP contribution in [0.2, 0.25) is 0 Å². The molecule has 0 bridgehead atoms. The maximum atomic E-state index is 13.7. The average Bonchev–Trinajstić information content (AvgIpc) is 3.55. The highest BCUT2D eigenvalue weighted by Crippen LogP contribution is 2.38. The molecule has 2 atom stereocenters. The minimum absolute atomic E-state index is 0.00185. The first-order valence-electron chi connectivity index (χ1n) is 11.7. The van der Waals surface area contributed by atoms with Crippen LogP contribution in [0.1, 0.15) is 59.5 Å². The smallest absolute Gasteiger partial charge is 0.433 e. The summed E-state index contributed by atoms with van der Waals surface area (Å²) < 4.78 is 51.2. The van der Waals surface area contributed by atoms with Crippen molar-refractivity contribution in [2.24, 2.45) is 5.73 Å². The number of alkyl halides is 3. The number of benzene rings is 1. The minimum Gasteiger partial charge on any atom is -0.494 e. The van der Waals surface area contributed by atoms with E-state index in [1.54, 1.807) is 24.1 Å². The van der Waals surface area contributed by atoms with Crippen LogP contribution >= 0.6 is 0 Å². The molecule has 4 heterocycles. The summed E-state index contributed by atoms with van der Waals surface area (Å²) in [7, 11) is 1.35. The fraction of sp³-hybridized carbons (Fsp3) is 0.308. The molecule has 1 aliphatic heterocycles. The summed E-state index contributed by atoms with van der Waals surface area (Å²) >= 11 is 0. The molecular weight excluding hydrogens is 487 g/mol. The van der Waals surface area contributed by atoms with Crippen LogP contribution in [0.5, 0.6) is 5.75 Å². The molecule has 3 aromatic heterocycles. The number of pyridine rings is 2. The van der Waals surface area contributed by atoms with Crippen molar-refractivity contribution < 1.29 is 27.1 Å². The number of fused-ring (bicyclic) bond motifs is 1. The average molecular weight is 512 g/mol. The lowest BCUT2D eigenvalue weighted by Crippen LogP contribution is -2.32. The Morgan fingerprint density at radius 3 is 2.68 bits per heavy atom. The Bertz CT molecular complexity index is 1450. The molecule has 1 fully saturated rings. The molecule has 0 saturated carbocycles. The van der Waals surface area contributed by atoms with Gasteiger partial charge in [0, 0.05) is 23.7 Å². The molecule has 0 radical (unpaired) electrons. The van der Waals surface area contributed by atoms with E-state index < -0.39 is 17.9 Å². The number of carbonyl (C=O) groups is 1. The van der Waals surface area contributed by atoms with Gasteiger partial charge in [-0.1, -0.05) is 6.07 Å². The van der Waals surface area contributed by atoms with E-state index in [0.29, 0.717) is 17.5 Å². The summed E-state index contributed by atoms with van der Waals surface area (Å²) in [5.41, 5.74) is 6.30. The molecule has 4 aromatic rings. The minimum atomic E-state index is -4.63. The molecule has 37 heavy (non-hydrogen) atoms. The van der Waals surface area contributed by atoms with E-state index in [1.807, 2.05) is 18.2 Å². The number of methoxy groups -OCH3 is 1. The lowest BCUT2D eigenvalue weighted by Gasteiger charge is -2.23. The quantitative estimate of drug-likeness (QED) is 0.387. The Labute approximate surface area is 210 Å². The Kier molecular flexibility index (Phi) is 6.32. The first-order chi connectivity index (χ1) is 17.7. The van der Waals surface area contributed by atoms with E-state index in [-0.39, 0.29) is 40.6 Å². The number of nitrogens with two attached hydrogens (primary N) is 1. The number of halogens is 3. The van der Waals surface area contributed by atoms with Crippen LogP contribution in [-0.4, -0.2) is 39.4 Å². The fourth-order valence-electron chi connectivity index (χ4n) is 4.64. The van der Waals surface area contributed by atoms with Gasteiger partial charge in [-0.15, -0.1) is 0 Å². The third-order valence-corrected chi connectivity index (χ3v) is 6.37. The van der Waals surface area contributed by atoms with E-state index in [1.165, 1.54) is 19.2 Å². The van der Waals surface area contributed by atoms with Gasteiger partial charge in [-0.05, 0) is 56.2 Å². The second-order valence-electron chi connectivity index (χ2n) is 8.84. The number of ether oxygens (including phenoxy) is 1. The Hall–Kier alpha value is -3.99. The predicted molar refractivity (Wildman–Crippen MR) is 129 cm³/mol. The number of carbonyl (C=O) groups excluding carboxylic acids is 1. The van der Waals surface area contributed by atoms with E-state index in [4.69, 9.17) is 14.9 Å². The summed E-state index contributed by atoms with van der Waals surface area (Å²) in [6.45, 7) is 2.20. The van der Waals surface area contributed by atoms with Crippen LogP contribution in [0, 0.1) is 0 Å². The van der Waals surface area contributed by atoms with E-state index in [2.05, 4.69) is 15.0 Å². The fourth-order valence-corrected chi connectivity index (χ4v) is 4.64. The topological polar surface area (TPSA) is 107 Å². The van der Waals surface area contributed by atoms with Gasteiger partial charge in [0.2, 0.25) is 5.89 Å². The number of amides is 1. The first-order valence-corrected chi connectivity index (χ1v) is 11.7. The Morgan fingerprint density at radius 2 is 2.00 bits per heavy atom. The van der Waals surface area contributed by atoms with Crippen molar-refractivity contribution in [3.63, 3.8) is 0 Å². The van der Waals surface area contributed by atoms with Crippen molar-refractivity contribution in [1.82, 2.24) is 19.9 Å². The zero-order valence-electron chi connectivity index (χ0n) is 20.1. The molecule has 0 spiro atoms. The molecule has 192 valence electrons. The highest BCUT2D eigenvalue weighted by Gasteiger charge is 2.36. The summed E-state index contributed by atoms with van der Waals surface area (Å²) in [5.74, 6) is 0.0649. The predicted octanol–water partition coefficient (Wildman–Crippen LogP) is 5.31. The molecule has 1 aromatic carbocycles. The molecule has 1 unspecified atom stereocenters. The zero-order chi connectivity index (χ0) is 26.3. The molecule has 0 aliphatic carbocycles. The third-order valence-electron chi connectivity index (χ3n) is 6.37. The second-order valence-corrected chi connectivity index (χ2v) is 8.84. The van der Waals surface area contributed by atoms with Crippen molar-refractivity contribution in [3.8, 4) is 17.2 Å². The van der Waals surface area contributed by atoms with Gasteiger partial charge >= 0.3 is 6.18 Å². The third kappa shape index (κ3) is 4.50.